The molecule has 1 saturated heterocycles. The second-order valence-corrected chi connectivity index (χ2v) is 7.63. The predicted molar refractivity (Wildman–Crippen MR) is 112 cm³/mol. The SMILES string of the molecule is COc1ccc(-n2nccn2)c(C(=O)N2CCCC(Nc3ncc(C(F)(F)F)cn3)C2C)c1. The Balaban J connectivity index is 1.56. The summed E-state index contributed by atoms with van der Waals surface area (Å²) in [6.45, 7) is 2.40. The zero-order chi connectivity index (χ0) is 23.6. The first kappa shape index (κ1) is 22.5. The quantitative estimate of drug-likeness (QED) is 0.623. The number of hydrogen-bond donors (Lipinski definition) is 1. The van der Waals surface area contributed by atoms with Crippen LogP contribution in [-0.4, -0.2) is 61.5 Å². The van der Waals surface area contributed by atoms with Crippen LogP contribution in [0.3, 0.4) is 0 Å². The Bertz CT molecular complexity index is 1100. The lowest BCUT2D eigenvalue weighted by atomic mass is 9.96. The molecule has 0 spiro atoms. The van der Waals surface area contributed by atoms with Crippen LogP contribution in [0.2, 0.25) is 0 Å². The van der Waals surface area contributed by atoms with Crippen LogP contribution in [0.15, 0.2) is 43.0 Å². The summed E-state index contributed by atoms with van der Waals surface area (Å²) >= 11 is 0. The van der Waals surface area contributed by atoms with Crippen molar-refractivity contribution in [2.24, 2.45) is 0 Å². The van der Waals surface area contributed by atoms with Gasteiger partial charge >= 0.3 is 6.18 Å². The van der Waals surface area contributed by atoms with E-state index in [1.165, 1.54) is 24.3 Å². The van der Waals surface area contributed by atoms with Crippen LogP contribution in [0.1, 0.15) is 35.7 Å². The number of benzene rings is 1. The van der Waals surface area contributed by atoms with E-state index in [0.29, 0.717) is 36.4 Å². The van der Waals surface area contributed by atoms with Gasteiger partial charge in [0.25, 0.3) is 5.91 Å². The smallest absolute Gasteiger partial charge is 0.419 e. The van der Waals surface area contributed by atoms with Crippen molar-refractivity contribution in [1.82, 2.24) is 29.9 Å². The van der Waals surface area contributed by atoms with Crippen LogP contribution in [0.4, 0.5) is 19.1 Å². The van der Waals surface area contributed by atoms with Gasteiger partial charge in [-0.05, 0) is 38.0 Å². The number of carbonyl (C=O) groups excluding carboxylic acids is 1. The molecule has 1 fully saturated rings. The number of methoxy groups -OCH3 is 1. The van der Waals surface area contributed by atoms with Gasteiger partial charge in [-0.1, -0.05) is 0 Å². The molecular weight excluding hydrogens is 439 g/mol. The van der Waals surface area contributed by atoms with Gasteiger partial charge in [-0.2, -0.15) is 28.2 Å². The highest BCUT2D eigenvalue weighted by Crippen LogP contribution is 2.29. The van der Waals surface area contributed by atoms with Crippen LogP contribution >= 0.6 is 0 Å². The van der Waals surface area contributed by atoms with Gasteiger partial charge in [-0.3, -0.25) is 4.79 Å². The lowest BCUT2D eigenvalue weighted by Crippen LogP contribution is -2.52. The van der Waals surface area contributed by atoms with E-state index in [4.69, 9.17) is 4.74 Å². The van der Waals surface area contributed by atoms with Crippen LogP contribution in [-0.2, 0) is 6.18 Å². The largest absolute Gasteiger partial charge is 0.497 e. The molecule has 1 N–H and O–H groups in total. The van der Waals surface area contributed by atoms with E-state index in [1.54, 1.807) is 23.1 Å². The maximum Gasteiger partial charge on any atom is 0.419 e. The third kappa shape index (κ3) is 4.73. The van der Waals surface area contributed by atoms with E-state index >= 15 is 0 Å². The van der Waals surface area contributed by atoms with E-state index in [2.05, 4.69) is 25.5 Å². The van der Waals surface area contributed by atoms with Gasteiger partial charge in [-0.25, -0.2) is 9.97 Å². The summed E-state index contributed by atoms with van der Waals surface area (Å²) in [7, 11) is 1.52. The molecule has 0 radical (unpaired) electrons. The normalized spacial score (nSPS) is 18.8. The molecule has 1 aromatic carbocycles. The summed E-state index contributed by atoms with van der Waals surface area (Å²) in [5.74, 6) is 0.372. The molecule has 0 saturated carbocycles. The van der Waals surface area contributed by atoms with Crippen LogP contribution in [0.5, 0.6) is 5.75 Å². The second kappa shape index (κ2) is 9.04. The molecular formula is C21H22F3N7O2. The summed E-state index contributed by atoms with van der Waals surface area (Å²) in [5, 5.41) is 11.3. The van der Waals surface area contributed by atoms with Gasteiger partial charge < -0.3 is 15.0 Å². The number of piperidine rings is 1. The Morgan fingerprint density at radius 1 is 1.18 bits per heavy atom. The van der Waals surface area contributed by atoms with Gasteiger partial charge in [-0.15, -0.1) is 0 Å². The van der Waals surface area contributed by atoms with Crippen molar-refractivity contribution >= 4 is 11.9 Å². The fourth-order valence-electron chi connectivity index (χ4n) is 3.82. The number of aromatic nitrogens is 5. The molecule has 3 heterocycles. The average molecular weight is 461 g/mol. The molecule has 0 bridgehead atoms. The highest BCUT2D eigenvalue weighted by molar-refractivity contribution is 5.98. The van der Waals surface area contributed by atoms with E-state index < -0.39 is 11.7 Å². The number of hydrogen-bond acceptors (Lipinski definition) is 7. The molecule has 2 unspecified atom stereocenters. The third-order valence-electron chi connectivity index (χ3n) is 5.61. The van der Waals surface area contributed by atoms with Crippen molar-refractivity contribution in [3.8, 4) is 11.4 Å². The summed E-state index contributed by atoms with van der Waals surface area (Å²) < 4.78 is 43.6. The zero-order valence-electron chi connectivity index (χ0n) is 18.0. The minimum absolute atomic E-state index is 0.0805. The van der Waals surface area contributed by atoms with Gasteiger partial charge in [0.15, 0.2) is 0 Å². The first-order chi connectivity index (χ1) is 15.8. The van der Waals surface area contributed by atoms with E-state index in [0.717, 1.165) is 12.4 Å². The Morgan fingerprint density at radius 3 is 2.52 bits per heavy atom. The molecule has 33 heavy (non-hydrogen) atoms. The van der Waals surface area contributed by atoms with Crippen molar-refractivity contribution < 1.29 is 22.7 Å². The molecule has 9 nitrogen and oxygen atoms in total. The molecule has 3 aromatic rings. The second-order valence-electron chi connectivity index (χ2n) is 7.63. The number of anilines is 1. The van der Waals surface area contributed by atoms with E-state index in [-0.39, 0.29) is 23.9 Å². The maximum absolute atomic E-state index is 13.6. The summed E-state index contributed by atoms with van der Waals surface area (Å²) in [4.78, 5) is 24.2. The van der Waals surface area contributed by atoms with Crippen molar-refractivity contribution in [2.45, 2.75) is 38.0 Å². The highest BCUT2D eigenvalue weighted by atomic mass is 19.4. The fraction of sp³-hybridized carbons (Fsp3) is 0.381. The van der Waals surface area contributed by atoms with E-state index in [1.807, 2.05) is 6.92 Å². The van der Waals surface area contributed by atoms with Crippen LogP contribution in [0.25, 0.3) is 5.69 Å². The number of likely N-dealkylation sites (tertiary alicyclic amines) is 1. The highest BCUT2D eigenvalue weighted by Gasteiger charge is 2.34. The number of nitrogens with zero attached hydrogens (tertiary/aromatic N) is 6. The Labute approximate surface area is 187 Å². The monoisotopic (exact) mass is 461 g/mol. The van der Waals surface area contributed by atoms with Crippen molar-refractivity contribution in [1.29, 1.82) is 0 Å². The van der Waals surface area contributed by atoms with Gasteiger partial charge in [0.2, 0.25) is 5.95 Å². The number of nitrogens with one attached hydrogen (secondary N) is 1. The third-order valence-corrected chi connectivity index (χ3v) is 5.61. The van der Waals surface area contributed by atoms with Gasteiger partial charge in [0, 0.05) is 31.0 Å². The molecule has 2 aromatic heterocycles. The first-order valence-corrected chi connectivity index (χ1v) is 10.3. The molecule has 174 valence electrons. The fourth-order valence-corrected chi connectivity index (χ4v) is 3.82. The topological polar surface area (TPSA) is 98.1 Å². The minimum atomic E-state index is -4.50. The minimum Gasteiger partial charge on any atom is -0.497 e. The summed E-state index contributed by atoms with van der Waals surface area (Å²) in [6.07, 6.45) is 1.43. The number of alkyl halides is 3. The van der Waals surface area contributed by atoms with Crippen molar-refractivity contribution in [3.05, 3.63) is 54.1 Å². The zero-order valence-corrected chi connectivity index (χ0v) is 18.0. The van der Waals surface area contributed by atoms with Crippen molar-refractivity contribution in [2.75, 3.05) is 19.0 Å². The lowest BCUT2D eigenvalue weighted by Gasteiger charge is -2.40. The lowest BCUT2D eigenvalue weighted by molar-refractivity contribution is -0.138. The first-order valence-electron chi connectivity index (χ1n) is 10.3. The van der Waals surface area contributed by atoms with E-state index in [9.17, 15) is 18.0 Å². The average Bonchev–Trinajstić information content (AvgIpc) is 3.34. The van der Waals surface area contributed by atoms with Gasteiger partial charge in [0.1, 0.15) is 5.75 Å². The maximum atomic E-state index is 13.6. The Morgan fingerprint density at radius 2 is 1.88 bits per heavy atom. The number of ether oxygens (including phenoxy) is 1. The Hall–Kier alpha value is -3.70. The molecule has 1 aliphatic heterocycles. The van der Waals surface area contributed by atoms with Gasteiger partial charge in [0.05, 0.1) is 36.3 Å². The Kier molecular flexibility index (Phi) is 6.16. The summed E-state index contributed by atoms with van der Waals surface area (Å²) in [6, 6.07) is 4.57. The van der Waals surface area contributed by atoms with Crippen molar-refractivity contribution in [3.63, 3.8) is 0 Å². The molecule has 12 heteroatoms. The molecule has 0 aliphatic carbocycles. The van der Waals surface area contributed by atoms with Crippen LogP contribution < -0.4 is 10.1 Å². The predicted octanol–water partition coefficient (Wildman–Crippen LogP) is 3.19. The molecule has 2 atom stereocenters. The van der Waals surface area contributed by atoms with Crippen LogP contribution in [0, 0.1) is 0 Å². The standard InChI is InChI=1S/C21H22F3N7O2/c1-13-17(29-20-25-11-14(12-26-20)21(22,23)24)4-3-9-30(13)19(32)16-10-15(33-2)5-6-18(16)31-27-7-8-28-31/h5-8,10-13,17H,3-4,9H2,1-2H3,(H,25,26,29). The number of rotatable bonds is 5. The number of amides is 1. The molecule has 4 rings (SSSR count). The molecule has 1 aliphatic rings. The molecule has 1 amide bonds. The number of carbonyl (C=O) groups is 1. The summed E-state index contributed by atoms with van der Waals surface area (Å²) in [5.41, 5.74) is -0.0256. The number of halogens is 3.